The molecule has 1 unspecified atom stereocenters. The van der Waals surface area contributed by atoms with Gasteiger partial charge in [0, 0.05) is 6.04 Å². The maximum atomic E-state index is 13.0. The zero-order valence-corrected chi connectivity index (χ0v) is 10.9. The van der Waals surface area contributed by atoms with Crippen molar-refractivity contribution in [3.63, 3.8) is 0 Å². The van der Waals surface area contributed by atoms with Crippen molar-refractivity contribution in [3.05, 3.63) is 47.0 Å². The molecule has 1 atom stereocenters. The van der Waals surface area contributed by atoms with Crippen molar-refractivity contribution in [2.75, 3.05) is 0 Å². The summed E-state index contributed by atoms with van der Waals surface area (Å²) in [7, 11) is 0. The first-order valence-corrected chi connectivity index (χ1v) is 5.98. The van der Waals surface area contributed by atoms with Crippen LogP contribution in [-0.4, -0.2) is 12.3 Å². The van der Waals surface area contributed by atoms with Crippen LogP contribution in [0, 0.1) is 6.92 Å². The van der Waals surface area contributed by atoms with Crippen LogP contribution in [0.2, 0.25) is 0 Å². The molecule has 0 aromatic heterocycles. The summed E-state index contributed by atoms with van der Waals surface area (Å²) in [5.41, 5.74) is 12.7. The third-order valence-corrected chi connectivity index (χ3v) is 2.69. The first-order valence-electron chi connectivity index (χ1n) is 5.98. The maximum absolute atomic E-state index is 13.0. The third kappa shape index (κ3) is 4.99. The number of allylic oxidation sites excluding steroid dienone is 1. The van der Waals surface area contributed by atoms with Crippen molar-refractivity contribution in [2.45, 2.75) is 32.7 Å². The van der Waals surface area contributed by atoms with Crippen molar-refractivity contribution in [1.29, 1.82) is 0 Å². The van der Waals surface area contributed by atoms with Crippen molar-refractivity contribution in [2.24, 2.45) is 16.5 Å². The molecule has 18 heavy (non-hydrogen) atoms. The van der Waals surface area contributed by atoms with Gasteiger partial charge in [0.1, 0.15) is 5.82 Å². The van der Waals surface area contributed by atoms with Gasteiger partial charge in [0.05, 0.1) is 6.21 Å². The van der Waals surface area contributed by atoms with E-state index in [0.717, 1.165) is 19.1 Å². The van der Waals surface area contributed by atoms with Crippen LogP contribution in [-0.2, 0) is 6.42 Å². The summed E-state index contributed by atoms with van der Waals surface area (Å²) in [6, 6.07) is 8.41. The third-order valence-electron chi connectivity index (χ3n) is 2.69. The number of aliphatic imine (C=N–C) groups is 1. The second kappa shape index (κ2) is 6.79. The van der Waals surface area contributed by atoms with Gasteiger partial charge < -0.3 is 11.5 Å². The fourth-order valence-corrected chi connectivity index (χ4v) is 1.47. The molecular weight excluding hydrogens is 229 g/mol. The zero-order chi connectivity index (χ0) is 13.5. The molecule has 0 aliphatic rings. The molecule has 1 aromatic rings. The Bertz CT molecular complexity index is 431. The Morgan fingerprint density at radius 3 is 2.50 bits per heavy atom. The minimum absolute atomic E-state index is 0.0383. The summed E-state index contributed by atoms with van der Waals surface area (Å²) < 4.78 is 13.0. The summed E-state index contributed by atoms with van der Waals surface area (Å²) in [5, 5.41) is 0. The molecule has 0 spiro atoms. The standard InChI is InChI=1S/C14H20FN3/c1-10-3-6-12(7-4-10)8-5-11(2)18-9-13(15)14(16)17/h3-4,6-7,9,11H,5,8,16-17H2,1-2H3/b18-9-. The molecule has 4 N–H and O–H groups in total. The van der Waals surface area contributed by atoms with Crippen LogP contribution in [0.4, 0.5) is 4.39 Å². The van der Waals surface area contributed by atoms with Gasteiger partial charge in [-0.1, -0.05) is 29.8 Å². The molecular formula is C14H20FN3. The highest BCUT2D eigenvalue weighted by molar-refractivity contribution is 5.76. The van der Waals surface area contributed by atoms with Crippen LogP contribution >= 0.6 is 0 Å². The minimum atomic E-state index is -0.669. The lowest BCUT2D eigenvalue weighted by Gasteiger charge is -2.06. The smallest absolute Gasteiger partial charge is 0.180 e. The maximum Gasteiger partial charge on any atom is 0.180 e. The molecule has 0 aliphatic heterocycles. The topological polar surface area (TPSA) is 64.4 Å². The lowest BCUT2D eigenvalue weighted by molar-refractivity contribution is 0.649. The summed E-state index contributed by atoms with van der Waals surface area (Å²) in [6.07, 6.45) is 2.87. The second-order valence-electron chi connectivity index (χ2n) is 4.45. The Balaban J connectivity index is 2.44. The Labute approximate surface area is 107 Å². The SMILES string of the molecule is Cc1ccc(CCC(C)/N=C\C(F)=C(N)N)cc1. The highest BCUT2D eigenvalue weighted by Gasteiger charge is 2.01. The van der Waals surface area contributed by atoms with Gasteiger partial charge in [-0.15, -0.1) is 0 Å². The molecule has 0 fully saturated rings. The molecule has 1 rings (SSSR count). The van der Waals surface area contributed by atoms with Gasteiger partial charge in [-0.25, -0.2) is 4.39 Å². The van der Waals surface area contributed by atoms with Gasteiger partial charge in [0.25, 0.3) is 0 Å². The monoisotopic (exact) mass is 249 g/mol. The summed E-state index contributed by atoms with van der Waals surface area (Å²) in [5.74, 6) is -0.998. The Morgan fingerprint density at radius 1 is 1.33 bits per heavy atom. The van der Waals surface area contributed by atoms with Gasteiger partial charge >= 0.3 is 0 Å². The van der Waals surface area contributed by atoms with Crippen LogP contribution in [0.3, 0.4) is 0 Å². The highest BCUT2D eigenvalue weighted by Crippen LogP contribution is 2.09. The van der Waals surface area contributed by atoms with Crippen LogP contribution in [0.15, 0.2) is 40.9 Å². The number of aryl methyl sites for hydroxylation is 2. The van der Waals surface area contributed by atoms with E-state index in [4.69, 9.17) is 11.5 Å². The van der Waals surface area contributed by atoms with Crippen LogP contribution in [0.1, 0.15) is 24.5 Å². The number of benzene rings is 1. The van der Waals surface area contributed by atoms with E-state index in [1.807, 2.05) is 6.92 Å². The fraction of sp³-hybridized carbons (Fsp3) is 0.357. The van der Waals surface area contributed by atoms with Gasteiger partial charge in [-0.05, 0) is 32.3 Å². The minimum Gasteiger partial charge on any atom is -0.383 e. The largest absolute Gasteiger partial charge is 0.383 e. The van der Waals surface area contributed by atoms with E-state index in [9.17, 15) is 4.39 Å². The van der Waals surface area contributed by atoms with Crippen LogP contribution < -0.4 is 11.5 Å². The van der Waals surface area contributed by atoms with Crippen molar-refractivity contribution >= 4 is 6.21 Å². The lowest BCUT2D eigenvalue weighted by atomic mass is 10.1. The predicted molar refractivity (Wildman–Crippen MR) is 74.0 cm³/mol. The zero-order valence-electron chi connectivity index (χ0n) is 10.9. The molecule has 0 radical (unpaired) electrons. The van der Waals surface area contributed by atoms with E-state index < -0.39 is 5.83 Å². The van der Waals surface area contributed by atoms with Crippen molar-refractivity contribution < 1.29 is 4.39 Å². The molecule has 0 amide bonds. The number of nitrogens with two attached hydrogens (primary N) is 2. The fourth-order valence-electron chi connectivity index (χ4n) is 1.47. The molecule has 1 aromatic carbocycles. The van der Waals surface area contributed by atoms with Crippen LogP contribution in [0.5, 0.6) is 0 Å². The number of halogens is 1. The number of hydrogen-bond donors (Lipinski definition) is 2. The molecule has 0 saturated carbocycles. The summed E-state index contributed by atoms with van der Waals surface area (Å²) in [4.78, 5) is 4.06. The normalized spacial score (nSPS) is 12.6. The van der Waals surface area contributed by atoms with Crippen molar-refractivity contribution in [3.8, 4) is 0 Å². The van der Waals surface area contributed by atoms with E-state index in [-0.39, 0.29) is 11.9 Å². The number of rotatable bonds is 5. The molecule has 98 valence electrons. The molecule has 0 aliphatic carbocycles. The Morgan fingerprint density at radius 2 is 1.94 bits per heavy atom. The van der Waals surface area contributed by atoms with E-state index in [0.29, 0.717) is 0 Å². The highest BCUT2D eigenvalue weighted by atomic mass is 19.1. The quantitative estimate of drug-likeness (QED) is 0.787. The molecule has 0 saturated heterocycles. The summed E-state index contributed by atoms with van der Waals surface area (Å²) in [6.45, 7) is 3.99. The number of hydrogen-bond acceptors (Lipinski definition) is 3. The number of nitrogens with zero attached hydrogens (tertiary/aromatic N) is 1. The average Bonchev–Trinajstić information content (AvgIpc) is 2.35. The Hall–Kier alpha value is -1.84. The molecule has 4 heteroatoms. The first kappa shape index (κ1) is 14.2. The predicted octanol–water partition coefficient (Wildman–Crippen LogP) is 2.44. The van der Waals surface area contributed by atoms with Gasteiger partial charge in [0.15, 0.2) is 5.83 Å². The second-order valence-corrected chi connectivity index (χ2v) is 4.45. The molecule has 0 heterocycles. The molecule has 3 nitrogen and oxygen atoms in total. The average molecular weight is 249 g/mol. The van der Waals surface area contributed by atoms with Gasteiger partial charge in [0.2, 0.25) is 0 Å². The van der Waals surface area contributed by atoms with E-state index >= 15 is 0 Å². The van der Waals surface area contributed by atoms with E-state index in [2.05, 4.69) is 36.2 Å². The van der Waals surface area contributed by atoms with E-state index in [1.54, 1.807) is 0 Å². The van der Waals surface area contributed by atoms with Gasteiger partial charge in [-0.3, -0.25) is 4.99 Å². The van der Waals surface area contributed by atoms with Gasteiger partial charge in [-0.2, -0.15) is 0 Å². The van der Waals surface area contributed by atoms with Crippen LogP contribution in [0.25, 0.3) is 0 Å². The lowest BCUT2D eigenvalue weighted by Crippen LogP contribution is -2.11. The van der Waals surface area contributed by atoms with E-state index in [1.165, 1.54) is 11.1 Å². The summed E-state index contributed by atoms with van der Waals surface area (Å²) >= 11 is 0. The van der Waals surface area contributed by atoms with Crippen molar-refractivity contribution in [1.82, 2.24) is 0 Å². The Kier molecular flexibility index (Phi) is 5.36. The molecule has 0 bridgehead atoms. The first-order chi connectivity index (χ1) is 8.49.